The van der Waals surface area contributed by atoms with E-state index in [-0.39, 0.29) is 5.97 Å². The monoisotopic (exact) mass is 316 g/mol. The smallest absolute Gasteiger partial charge is 0.350 e. The summed E-state index contributed by atoms with van der Waals surface area (Å²) in [6.07, 6.45) is 5.77. The number of nitrogens with one attached hydrogen (secondary N) is 1. The van der Waals surface area contributed by atoms with Gasteiger partial charge < -0.3 is 14.2 Å². The fraction of sp³-hybridized carbons (Fsp3) is 0.250. The van der Waals surface area contributed by atoms with E-state index in [1.165, 1.54) is 11.3 Å². The number of rotatable bonds is 4. The Morgan fingerprint density at radius 1 is 1.36 bits per heavy atom. The van der Waals surface area contributed by atoms with Crippen molar-refractivity contribution in [2.24, 2.45) is 0 Å². The van der Waals surface area contributed by atoms with Gasteiger partial charge in [-0.25, -0.2) is 9.78 Å². The molecule has 0 amide bonds. The average molecular weight is 316 g/mol. The number of anilines is 1. The first-order valence-electron chi connectivity index (χ1n) is 7.08. The Labute approximate surface area is 132 Å². The molecule has 0 aliphatic heterocycles. The molecule has 114 valence electrons. The number of hydrogen-bond donors (Lipinski definition) is 0. The Morgan fingerprint density at radius 3 is 2.73 bits per heavy atom. The number of fused-ring (bicyclic) bond motifs is 1. The summed E-state index contributed by atoms with van der Waals surface area (Å²) in [7, 11) is 3.99. The largest absolute Gasteiger partial charge is 0.462 e. The maximum Gasteiger partial charge on any atom is 0.350 e. The van der Waals surface area contributed by atoms with Crippen molar-refractivity contribution in [1.29, 1.82) is 0 Å². The molecule has 0 saturated heterocycles. The Morgan fingerprint density at radius 2 is 2.09 bits per heavy atom. The van der Waals surface area contributed by atoms with Crippen LogP contribution in [-0.2, 0) is 4.74 Å². The predicted octanol–water partition coefficient (Wildman–Crippen LogP) is 2.75. The minimum atomic E-state index is -0.287. The Kier molecular flexibility index (Phi) is 3.85. The van der Waals surface area contributed by atoms with E-state index in [2.05, 4.69) is 4.98 Å². The fourth-order valence-electron chi connectivity index (χ4n) is 2.48. The number of nitrogens with zero attached hydrogens (tertiary/aromatic N) is 2. The first kappa shape index (κ1) is 14.6. The van der Waals surface area contributed by atoms with E-state index >= 15 is 0 Å². The number of carbonyl (C=O) groups is 1. The Hall–Kier alpha value is -2.34. The van der Waals surface area contributed by atoms with Crippen molar-refractivity contribution in [3.8, 4) is 5.69 Å². The lowest BCUT2D eigenvalue weighted by atomic mass is 10.2. The number of esters is 1. The molecule has 0 bridgehead atoms. The summed E-state index contributed by atoms with van der Waals surface area (Å²) in [5.41, 5.74) is 1.92. The van der Waals surface area contributed by atoms with Crippen LogP contribution in [0.1, 0.15) is 16.6 Å². The molecule has 0 unspecified atom stereocenters. The number of hydrogen-bond acceptors (Lipinski definition) is 4. The van der Waals surface area contributed by atoms with Crippen LogP contribution in [0.2, 0.25) is 0 Å². The highest BCUT2D eigenvalue weighted by molar-refractivity contribution is 7.20. The lowest BCUT2D eigenvalue weighted by Crippen LogP contribution is -2.12. The highest BCUT2D eigenvalue weighted by Gasteiger charge is 2.26. The minimum Gasteiger partial charge on any atom is -0.462 e. The van der Waals surface area contributed by atoms with Crippen LogP contribution in [0.4, 0.5) is 5.69 Å². The Bertz CT molecular complexity index is 806. The second-order valence-electron chi connectivity index (χ2n) is 5.05. The zero-order chi connectivity index (χ0) is 15.7. The van der Waals surface area contributed by atoms with Gasteiger partial charge in [0.05, 0.1) is 18.0 Å². The van der Waals surface area contributed by atoms with E-state index in [4.69, 9.17) is 4.74 Å². The number of H-pyrrole nitrogens is 1. The first-order valence-corrected chi connectivity index (χ1v) is 7.90. The summed E-state index contributed by atoms with van der Waals surface area (Å²) < 4.78 is 7.19. The molecule has 1 N–H and O–H groups in total. The van der Waals surface area contributed by atoms with Gasteiger partial charge in [0.25, 0.3) is 4.83 Å². The molecule has 5 nitrogen and oxygen atoms in total. The molecule has 0 aliphatic carbocycles. The molecule has 3 aromatic rings. The van der Waals surface area contributed by atoms with Crippen LogP contribution in [-0.4, -0.2) is 31.2 Å². The van der Waals surface area contributed by atoms with Gasteiger partial charge >= 0.3 is 5.97 Å². The standard InChI is InChI=1S/C16H17N3O2S/c1-4-21-16(20)14-13(19-9-5-6-10-19)12-11(18(2)3)7-8-17-15(12)22-14/h5-10H,4H2,1-3H3/p+1. The number of ether oxygens (including phenoxy) is 1. The van der Waals surface area contributed by atoms with Crippen LogP contribution in [0, 0.1) is 0 Å². The maximum absolute atomic E-state index is 12.4. The quantitative estimate of drug-likeness (QED) is 0.695. The molecule has 22 heavy (non-hydrogen) atoms. The van der Waals surface area contributed by atoms with Crippen molar-refractivity contribution >= 4 is 33.2 Å². The second-order valence-corrected chi connectivity index (χ2v) is 6.07. The lowest BCUT2D eigenvalue weighted by molar-refractivity contribution is -0.341. The van der Waals surface area contributed by atoms with E-state index in [0.29, 0.717) is 11.5 Å². The summed E-state index contributed by atoms with van der Waals surface area (Å²) in [6.45, 7) is 2.18. The molecule has 3 heterocycles. The van der Waals surface area contributed by atoms with E-state index in [9.17, 15) is 4.79 Å². The first-order chi connectivity index (χ1) is 10.6. The number of carbonyl (C=O) groups excluding carboxylic acids is 1. The summed E-state index contributed by atoms with van der Waals surface area (Å²) in [5.74, 6) is -0.287. The molecular formula is C16H18N3O2S+. The van der Waals surface area contributed by atoms with Gasteiger partial charge in [0.15, 0.2) is 6.20 Å². The highest BCUT2D eigenvalue weighted by Crippen LogP contribution is 2.37. The van der Waals surface area contributed by atoms with Gasteiger partial charge in [0.1, 0.15) is 10.3 Å². The van der Waals surface area contributed by atoms with E-state index < -0.39 is 0 Å². The van der Waals surface area contributed by atoms with Crippen LogP contribution in [0.3, 0.4) is 0 Å². The van der Waals surface area contributed by atoms with Crippen molar-refractivity contribution in [3.05, 3.63) is 41.7 Å². The topological polar surface area (TPSA) is 48.6 Å². The van der Waals surface area contributed by atoms with Gasteiger partial charge in [-0.3, -0.25) is 0 Å². The lowest BCUT2D eigenvalue weighted by Gasteiger charge is -2.13. The Balaban J connectivity index is 2.34. The van der Waals surface area contributed by atoms with Crippen LogP contribution < -0.4 is 9.88 Å². The predicted molar refractivity (Wildman–Crippen MR) is 88.0 cm³/mol. The fourth-order valence-corrected chi connectivity index (χ4v) is 3.56. The van der Waals surface area contributed by atoms with Crippen LogP contribution >= 0.6 is 11.3 Å². The van der Waals surface area contributed by atoms with E-state index in [0.717, 1.165) is 21.6 Å². The SMILES string of the molecule is CCOC(=O)c1sc2[nH+]ccc(N(C)C)c2c1-n1cccc1. The number of aromatic amines is 1. The van der Waals surface area contributed by atoms with Gasteiger partial charge in [-0.15, -0.1) is 0 Å². The molecule has 0 saturated carbocycles. The summed E-state index contributed by atoms with van der Waals surface area (Å²) in [5, 5.41) is 1.02. The van der Waals surface area contributed by atoms with Crippen molar-refractivity contribution in [2.75, 3.05) is 25.6 Å². The molecule has 0 fully saturated rings. The van der Waals surface area contributed by atoms with Crippen molar-refractivity contribution in [2.45, 2.75) is 6.92 Å². The van der Waals surface area contributed by atoms with Gasteiger partial charge in [-0.05, 0) is 19.1 Å². The van der Waals surface area contributed by atoms with Crippen LogP contribution in [0.15, 0.2) is 36.8 Å². The molecule has 0 atom stereocenters. The van der Waals surface area contributed by atoms with E-state index in [1.807, 2.05) is 67.3 Å². The third kappa shape index (κ3) is 2.35. The van der Waals surface area contributed by atoms with Gasteiger partial charge in [-0.1, -0.05) is 11.3 Å². The zero-order valence-corrected chi connectivity index (χ0v) is 13.6. The van der Waals surface area contributed by atoms with Gasteiger partial charge in [-0.2, -0.15) is 0 Å². The normalized spacial score (nSPS) is 10.9. The molecule has 6 heteroatoms. The third-order valence-electron chi connectivity index (χ3n) is 3.40. The molecule has 0 spiro atoms. The average Bonchev–Trinajstić information content (AvgIpc) is 3.13. The molecular weight excluding hydrogens is 298 g/mol. The van der Waals surface area contributed by atoms with Crippen molar-refractivity contribution < 1.29 is 14.5 Å². The number of thiophene rings is 1. The molecule has 0 radical (unpaired) electrons. The summed E-state index contributed by atoms with van der Waals surface area (Å²) in [6, 6.07) is 5.90. The van der Waals surface area contributed by atoms with Gasteiger partial charge in [0, 0.05) is 32.6 Å². The summed E-state index contributed by atoms with van der Waals surface area (Å²) in [4.78, 5) is 19.2. The second kappa shape index (κ2) is 5.81. The highest BCUT2D eigenvalue weighted by atomic mass is 32.1. The van der Waals surface area contributed by atoms with Crippen molar-refractivity contribution in [3.63, 3.8) is 0 Å². The number of pyridine rings is 1. The minimum absolute atomic E-state index is 0.287. The van der Waals surface area contributed by atoms with E-state index in [1.54, 1.807) is 0 Å². The number of aromatic nitrogens is 2. The maximum atomic E-state index is 12.4. The third-order valence-corrected chi connectivity index (χ3v) is 4.49. The molecule has 3 aromatic heterocycles. The molecule has 3 rings (SSSR count). The van der Waals surface area contributed by atoms with Gasteiger partial charge in [0.2, 0.25) is 0 Å². The van der Waals surface area contributed by atoms with Crippen LogP contribution in [0.25, 0.3) is 15.9 Å². The van der Waals surface area contributed by atoms with Crippen LogP contribution in [0.5, 0.6) is 0 Å². The zero-order valence-electron chi connectivity index (χ0n) is 12.8. The molecule has 0 aromatic carbocycles. The summed E-state index contributed by atoms with van der Waals surface area (Å²) >= 11 is 1.42. The van der Waals surface area contributed by atoms with Crippen molar-refractivity contribution in [1.82, 2.24) is 4.57 Å². The molecule has 0 aliphatic rings.